The summed E-state index contributed by atoms with van der Waals surface area (Å²) in [5.41, 5.74) is 0. The molecule has 0 aliphatic heterocycles. The highest BCUT2D eigenvalue weighted by molar-refractivity contribution is 7.34. The number of ether oxygens (including phenoxy) is 1. The number of methoxy groups -OCH3 is 1. The van der Waals surface area contributed by atoms with Gasteiger partial charge in [-0.3, -0.25) is 0 Å². The Hall–Kier alpha value is -1.10. The van der Waals surface area contributed by atoms with E-state index in [0.717, 1.165) is 14.8 Å². The molecule has 0 spiro atoms. The SMILES string of the molecule is COC(=O)c1sc2c(sc3ccccc32)c1Cl. The molecule has 1 aromatic carbocycles. The van der Waals surface area contributed by atoms with Crippen molar-refractivity contribution in [2.45, 2.75) is 0 Å². The summed E-state index contributed by atoms with van der Waals surface area (Å²) < 4.78 is 7.94. The predicted molar refractivity (Wildman–Crippen MR) is 73.6 cm³/mol. The van der Waals surface area contributed by atoms with Gasteiger partial charge in [-0.25, -0.2) is 4.79 Å². The van der Waals surface area contributed by atoms with E-state index < -0.39 is 0 Å². The van der Waals surface area contributed by atoms with Gasteiger partial charge in [0.2, 0.25) is 0 Å². The molecule has 2 heterocycles. The summed E-state index contributed by atoms with van der Waals surface area (Å²) in [7, 11) is 1.37. The van der Waals surface area contributed by atoms with Crippen LogP contribution in [0.15, 0.2) is 24.3 Å². The normalized spacial score (nSPS) is 11.2. The fraction of sp³-hybridized carbons (Fsp3) is 0.0833. The predicted octanol–water partition coefficient (Wildman–Crippen LogP) is 4.56. The summed E-state index contributed by atoms with van der Waals surface area (Å²) in [6.07, 6.45) is 0. The molecule has 3 rings (SSSR count). The van der Waals surface area contributed by atoms with Crippen LogP contribution in [0.4, 0.5) is 0 Å². The van der Waals surface area contributed by atoms with Crippen LogP contribution in [0.2, 0.25) is 5.02 Å². The van der Waals surface area contributed by atoms with Crippen molar-refractivity contribution in [2.24, 2.45) is 0 Å². The van der Waals surface area contributed by atoms with Crippen molar-refractivity contribution in [1.82, 2.24) is 0 Å². The lowest BCUT2D eigenvalue weighted by Crippen LogP contribution is -1.97. The van der Waals surface area contributed by atoms with Gasteiger partial charge in [-0.05, 0) is 6.07 Å². The summed E-state index contributed by atoms with van der Waals surface area (Å²) >= 11 is 9.23. The number of carbonyl (C=O) groups is 1. The molecule has 0 saturated heterocycles. The van der Waals surface area contributed by atoms with E-state index >= 15 is 0 Å². The van der Waals surface area contributed by atoms with Crippen molar-refractivity contribution < 1.29 is 9.53 Å². The van der Waals surface area contributed by atoms with E-state index in [9.17, 15) is 4.79 Å². The molecule has 0 fully saturated rings. The van der Waals surface area contributed by atoms with Crippen LogP contribution in [0.3, 0.4) is 0 Å². The lowest BCUT2D eigenvalue weighted by Gasteiger charge is -1.94. The number of fused-ring (bicyclic) bond motifs is 3. The van der Waals surface area contributed by atoms with E-state index in [1.807, 2.05) is 18.2 Å². The van der Waals surface area contributed by atoms with E-state index in [4.69, 9.17) is 16.3 Å². The Bertz CT molecular complexity index is 727. The molecular formula is C12H7ClO2S2. The van der Waals surface area contributed by atoms with Crippen molar-refractivity contribution in [3.63, 3.8) is 0 Å². The molecule has 17 heavy (non-hydrogen) atoms. The molecule has 3 aromatic rings. The molecule has 0 N–H and O–H groups in total. The first-order valence-electron chi connectivity index (χ1n) is 4.90. The Morgan fingerprint density at radius 1 is 1.24 bits per heavy atom. The standard InChI is InChI=1S/C12H7ClO2S2/c1-15-12(14)11-8(13)10-9(17-11)6-4-2-3-5-7(6)16-10/h2-5H,1H3. The largest absolute Gasteiger partial charge is 0.465 e. The van der Waals surface area contributed by atoms with Crippen LogP contribution in [-0.2, 0) is 4.74 Å². The van der Waals surface area contributed by atoms with Gasteiger partial charge in [0.1, 0.15) is 4.88 Å². The third kappa shape index (κ3) is 1.56. The molecule has 0 aliphatic rings. The summed E-state index contributed by atoms with van der Waals surface area (Å²) in [5, 5.41) is 1.66. The third-order valence-corrected chi connectivity index (χ3v) is 5.65. The molecule has 0 bridgehead atoms. The van der Waals surface area contributed by atoms with Gasteiger partial charge in [0, 0.05) is 10.1 Å². The molecule has 2 nitrogen and oxygen atoms in total. The van der Waals surface area contributed by atoms with Crippen LogP contribution in [0, 0.1) is 0 Å². The molecule has 0 atom stereocenters. The number of halogens is 1. The molecule has 2 aromatic heterocycles. The Balaban J connectivity index is 2.38. The van der Waals surface area contributed by atoms with Gasteiger partial charge in [-0.2, -0.15) is 0 Å². The minimum atomic E-state index is -0.368. The number of hydrogen-bond acceptors (Lipinski definition) is 4. The monoisotopic (exact) mass is 282 g/mol. The van der Waals surface area contributed by atoms with Crippen LogP contribution in [0.25, 0.3) is 19.5 Å². The van der Waals surface area contributed by atoms with E-state index in [-0.39, 0.29) is 5.97 Å². The van der Waals surface area contributed by atoms with Gasteiger partial charge in [-0.15, -0.1) is 22.7 Å². The zero-order valence-corrected chi connectivity index (χ0v) is 11.2. The molecule has 0 unspecified atom stereocenters. The fourth-order valence-corrected chi connectivity index (χ4v) is 4.67. The number of thiophene rings is 2. The van der Waals surface area contributed by atoms with Crippen molar-refractivity contribution in [1.29, 1.82) is 0 Å². The lowest BCUT2D eigenvalue weighted by atomic mass is 10.2. The quantitative estimate of drug-likeness (QED) is 0.612. The molecule has 5 heteroatoms. The average molecular weight is 283 g/mol. The second-order valence-corrected chi connectivity index (χ2v) is 5.94. The van der Waals surface area contributed by atoms with E-state index in [1.54, 1.807) is 11.3 Å². The van der Waals surface area contributed by atoms with Gasteiger partial charge in [0.15, 0.2) is 0 Å². The summed E-state index contributed by atoms with van der Waals surface area (Å²) in [4.78, 5) is 12.0. The second kappa shape index (κ2) is 3.98. The van der Waals surface area contributed by atoms with E-state index in [1.165, 1.54) is 23.1 Å². The van der Waals surface area contributed by atoms with Gasteiger partial charge in [0.05, 0.1) is 21.5 Å². The van der Waals surface area contributed by atoms with Crippen LogP contribution in [0.5, 0.6) is 0 Å². The first-order valence-corrected chi connectivity index (χ1v) is 6.91. The summed E-state index contributed by atoms with van der Waals surface area (Å²) in [6.45, 7) is 0. The maximum absolute atomic E-state index is 11.5. The zero-order chi connectivity index (χ0) is 12.0. The molecule has 0 aliphatic carbocycles. The maximum Gasteiger partial charge on any atom is 0.349 e. The summed E-state index contributed by atoms with van der Waals surface area (Å²) in [6, 6.07) is 8.08. The average Bonchev–Trinajstić information content (AvgIpc) is 2.86. The molecular weight excluding hydrogens is 276 g/mol. The van der Waals surface area contributed by atoms with Crippen molar-refractivity contribution in [2.75, 3.05) is 7.11 Å². The molecule has 0 radical (unpaired) electrons. The third-order valence-electron chi connectivity index (χ3n) is 2.52. The highest BCUT2D eigenvalue weighted by atomic mass is 35.5. The number of carbonyl (C=O) groups excluding carboxylic acids is 1. The van der Waals surface area contributed by atoms with Gasteiger partial charge in [0.25, 0.3) is 0 Å². The van der Waals surface area contributed by atoms with E-state index in [0.29, 0.717) is 9.90 Å². The molecule has 0 amide bonds. The topological polar surface area (TPSA) is 26.3 Å². The fourth-order valence-electron chi connectivity index (χ4n) is 1.74. The first-order chi connectivity index (χ1) is 8.22. The first kappa shape index (κ1) is 11.0. The van der Waals surface area contributed by atoms with E-state index in [2.05, 4.69) is 6.07 Å². The van der Waals surface area contributed by atoms with Crippen LogP contribution in [0.1, 0.15) is 9.67 Å². The van der Waals surface area contributed by atoms with Crippen molar-refractivity contribution in [3.8, 4) is 0 Å². The zero-order valence-electron chi connectivity index (χ0n) is 8.82. The van der Waals surface area contributed by atoms with Crippen LogP contribution in [-0.4, -0.2) is 13.1 Å². The lowest BCUT2D eigenvalue weighted by molar-refractivity contribution is 0.0606. The molecule has 86 valence electrons. The minimum absolute atomic E-state index is 0.368. The highest BCUT2D eigenvalue weighted by Crippen LogP contribution is 2.45. The van der Waals surface area contributed by atoms with Crippen LogP contribution < -0.4 is 0 Å². The Morgan fingerprint density at radius 3 is 2.76 bits per heavy atom. The summed E-state index contributed by atoms with van der Waals surface area (Å²) in [5.74, 6) is -0.368. The Labute approximate surface area is 110 Å². The Kier molecular flexibility index (Phi) is 2.58. The minimum Gasteiger partial charge on any atom is -0.465 e. The van der Waals surface area contributed by atoms with Gasteiger partial charge < -0.3 is 4.74 Å². The highest BCUT2D eigenvalue weighted by Gasteiger charge is 2.20. The Morgan fingerprint density at radius 2 is 2.00 bits per heavy atom. The number of benzene rings is 1. The van der Waals surface area contributed by atoms with Crippen LogP contribution >= 0.6 is 34.3 Å². The molecule has 0 saturated carbocycles. The van der Waals surface area contributed by atoms with Crippen molar-refractivity contribution in [3.05, 3.63) is 34.2 Å². The second-order valence-electron chi connectivity index (χ2n) is 3.49. The van der Waals surface area contributed by atoms with Gasteiger partial charge in [-0.1, -0.05) is 29.8 Å². The number of rotatable bonds is 1. The number of esters is 1. The maximum atomic E-state index is 11.5. The number of hydrogen-bond donors (Lipinski definition) is 0. The smallest absolute Gasteiger partial charge is 0.349 e. The van der Waals surface area contributed by atoms with Crippen molar-refractivity contribution >= 4 is 59.7 Å². The van der Waals surface area contributed by atoms with Gasteiger partial charge >= 0.3 is 5.97 Å².